The summed E-state index contributed by atoms with van der Waals surface area (Å²) in [5, 5.41) is 9.71. The van der Waals surface area contributed by atoms with Gasteiger partial charge >= 0.3 is 25.7 Å². The average Bonchev–Trinajstić information content (AvgIpc) is 3.23. The summed E-state index contributed by atoms with van der Waals surface area (Å²) in [7, 11) is -4.72. The number of aliphatic hydroxyl groups is 1. The van der Waals surface area contributed by atoms with E-state index in [-0.39, 0.29) is 25.9 Å². The van der Waals surface area contributed by atoms with Crippen molar-refractivity contribution in [3.63, 3.8) is 0 Å². The van der Waals surface area contributed by atoms with Crippen molar-refractivity contribution in [3.8, 4) is 0 Å². The second-order valence-corrected chi connectivity index (χ2v) is 18.1. The molecular weight excluding hydrogens is 783 g/mol. The number of rotatable bonds is 46. The van der Waals surface area contributed by atoms with E-state index in [1.54, 1.807) is 0 Å². The molecule has 0 rings (SSSR count). The lowest BCUT2D eigenvalue weighted by molar-refractivity contribution is -0.161. The van der Waals surface area contributed by atoms with E-state index in [9.17, 15) is 28.9 Å². The van der Waals surface area contributed by atoms with Gasteiger partial charge in [-0.15, -0.1) is 0 Å². The number of unbranched alkanes of at least 4 members (excludes halogenated alkanes) is 27. The molecule has 354 valence electrons. The first kappa shape index (κ1) is 58.2. The molecule has 2 N–H and O–H groups in total. The first-order valence-corrected chi connectivity index (χ1v) is 26.1. The molecule has 0 aromatic rings. The fourth-order valence-electron chi connectivity index (χ4n) is 6.88. The molecule has 0 radical (unpaired) electrons. The summed E-state index contributed by atoms with van der Waals surface area (Å²) in [4.78, 5) is 48.0. The molecule has 0 spiro atoms. The maximum absolute atomic E-state index is 12.8. The van der Waals surface area contributed by atoms with Gasteiger partial charge in [0.05, 0.1) is 19.8 Å². The molecule has 0 saturated carbocycles. The van der Waals surface area contributed by atoms with Crippen LogP contribution in [0.5, 0.6) is 0 Å². The third-order valence-electron chi connectivity index (χ3n) is 10.7. The van der Waals surface area contributed by atoms with Crippen molar-refractivity contribution in [2.45, 2.75) is 251 Å². The number of aliphatic hydroxyl groups excluding tert-OH is 1. The van der Waals surface area contributed by atoms with Crippen molar-refractivity contribution in [1.82, 2.24) is 0 Å². The highest BCUT2D eigenvalue weighted by Crippen LogP contribution is 2.43. The second-order valence-electron chi connectivity index (χ2n) is 16.6. The van der Waals surface area contributed by atoms with Crippen molar-refractivity contribution in [2.24, 2.45) is 0 Å². The van der Waals surface area contributed by atoms with Gasteiger partial charge in [0.1, 0.15) is 12.7 Å². The number of hydrogen-bond acceptors (Lipinski definition) is 10. The van der Waals surface area contributed by atoms with Gasteiger partial charge in [-0.25, -0.2) is 4.57 Å². The lowest BCUT2D eigenvalue weighted by Gasteiger charge is -2.21. The van der Waals surface area contributed by atoms with E-state index in [0.717, 1.165) is 77.0 Å². The highest BCUT2D eigenvalue weighted by atomic mass is 31.2. The minimum Gasteiger partial charge on any atom is -0.462 e. The summed E-state index contributed by atoms with van der Waals surface area (Å²) in [6.45, 7) is 4.58. The summed E-state index contributed by atoms with van der Waals surface area (Å²) < 4.78 is 39.2. The molecule has 0 aromatic heterocycles. The Kier molecular flexibility index (Phi) is 42.6. The van der Waals surface area contributed by atoms with Crippen LogP contribution in [0.1, 0.15) is 239 Å². The van der Waals surface area contributed by atoms with Gasteiger partial charge in [-0.1, -0.05) is 187 Å². The Bertz CT molecular complexity index is 1070. The number of carbonyl (C=O) groups is 3. The van der Waals surface area contributed by atoms with Crippen LogP contribution < -0.4 is 0 Å². The SMILES string of the molecule is CCCCCCCC/C=C\CCCCCCCC(=O)OC(COC(=O)CCCCCCCCCCC)COP(=O)(O)OCC(CO)OC(=O)CCCCCCCCCCC. The zero-order valence-corrected chi connectivity index (χ0v) is 39.6. The van der Waals surface area contributed by atoms with E-state index in [1.807, 2.05) is 0 Å². The zero-order chi connectivity index (χ0) is 44.2. The number of esters is 3. The fraction of sp³-hybridized carbons (Fsp3) is 0.896. The molecule has 11 nitrogen and oxygen atoms in total. The van der Waals surface area contributed by atoms with Crippen LogP contribution in [0.3, 0.4) is 0 Å². The van der Waals surface area contributed by atoms with Crippen LogP contribution in [0, 0.1) is 0 Å². The van der Waals surface area contributed by atoms with E-state index in [4.69, 9.17) is 23.3 Å². The third kappa shape index (κ3) is 41.6. The molecule has 0 saturated heterocycles. The highest BCUT2D eigenvalue weighted by molar-refractivity contribution is 7.47. The van der Waals surface area contributed by atoms with E-state index in [0.29, 0.717) is 19.3 Å². The molecule has 0 fully saturated rings. The highest BCUT2D eigenvalue weighted by Gasteiger charge is 2.28. The van der Waals surface area contributed by atoms with Crippen molar-refractivity contribution in [3.05, 3.63) is 12.2 Å². The van der Waals surface area contributed by atoms with Gasteiger partial charge in [0.15, 0.2) is 6.10 Å². The molecule has 12 heteroatoms. The summed E-state index contributed by atoms with van der Waals surface area (Å²) >= 11 is 0. The van der Waals surface area contributed by atoms with Gasteiger partial charge in [-0.2, -0.15) is 0 Å². The number of carbonyl (C=O) groups excluding carboxylic acids is 3. The first-order chi connectivity index (χ1) is 29.2. The predicted molar refractivity (Wildman–Crippen MR) is 243 cm³/mol. The van der Waals surface area contributed by atoms with Crippen molar-refractivity contribution in [1.29, 1.82) is 0 Å². The second kappa shape index (κ2) is 43.9. The van der Waals surface area contributed by atoms with Crippen molar-refractivity contribution in [2.75, 3.05) is 26.4 Å². The van der Waals surface area contributed by atoms with Gasteiger partial charge in [0, 0.05) is 19.3 Å². The van der Waals surface area contributed by atoms with Gasteiger partial charge < -0.3 is 24.2 Å². The number of phosphoric ester groups is 1. The van der Waals surface area contributed by atoms with Gasteiger partial charge in [-0.05, 0) is 44.9 Å². The molecule has 0 aromatic carbocycles. The fourth-order valence-corrected chi connectivity index (χ4v) is 7.66. The van der Waals surface area contributed by atoms with Crippen LogP contribution in [0.25, 0.3) is 0 Å². The lowest BCUT2D eigenvalue weighted by Crippen LogP contribution is -2.30. The number of allylic oxidation sites excluding steroid dienone is 2. The summed E-state index contributed by atoms with van der Waals surface area (Å²) in [6.07, 6.45) is 37.7. The lowest BCUT2D eigenvalue weighted by atomic mass is 10.1. The summed E-state index contributed by atoms with van der Waals surface area (Å²) in [5.41, 5.74) is 0. The van der Waals surface area contributed by atoms with E-state index in [1.165, 1.54) is 103 Å². The summed E-state index contributed by atoms with van der Waals surface area (Å²) in [5.74, 6) is -1.46. The molecule has 0 aliphatic rings. The summed E-state index contributed by atoms with van der Waals surface area (Å²) in [6, 6.07) is 0. The Labute approximate surface area is 366 Å². The number of ether oxygens (including phenoxy) is 3. The van der Waals surface area contributed by atoms with Crippen LogP contribution >= 0.6 is 7.82 Å². The monoisotopic (exact) mass is 875 g/mol. The van der Waals surface area contributed by atoms with Gasteiger partial charge in [-0.3, -0.25) is 23.4 Å². The minimum absolute atomic E-state index is 0.164. The Hall–Kier alpha value is -1.78. The largest absolute Gasteiger partial charge is 0.472 e. The van der Waals surface area contributed by atoms with E-state index >= 15 is 0 Å². The molecular formula is C48H91O11P. The Morgan fingerprint density at radius 2 is 0.767 bits per heavy atom. The first-order valence-electron chi connectivity index (χ1n) is 24.6. The van der Waals surface area contributed by atoms with Gasteiger partial charge in [0.25, 0.3) is 0 Å². The Morgan fingerprint density at radius 3 is 1.15 bits per heavy atom. The average molecular weight is 875 g/mol. The quantitative estimate of drug-likeness (QED) is 0.0197. The predicted octanol–water partition coefficient (Wildman–Crippen LogP) is 13.4. The maximum Gasteiger partial charge on any atom is 0.472 e. The zero-order valence-electron chi connectivity index (χ0n) is 38.7. The van der Waals surface area contributed by atoms with Crippen LogP contribution in [0.2, 0.25) is 0 Å². The molecule has 0 aliphatic heterocycles. The topological polar surface area (TPSA) is 155 Å². The van der Waals surface area contributed by atoms with Crippen molar-refractivity contribution < 1.29 is 52.2 Å². The molecule has 0 bridgehead atoms. The van der Waals surface area contributed by atoms with Gasteiger partial charge in [0.2, 0.25) is 0 Å². The molecule has 0 amide bonds. The van der Waals surface area contributed by atoms with Crippen LogP contribution in [-0.2, 0) is 42.2 Å². The standard InChI is InChI=1S/C48H91O11P/c1-4-7-10-13-16-19-20-21-22-23-24-27-30-33-36-39-48(52)59-45(41-55-46(50)37-34-31-28-25-17-14-11-8-5-2)43-57-60(53,54)56-42-44(40-49)58-47(51)38-35-32-29-26-18-15-12-9-6-3/h21-22,44-45,49H,4-20,23-43H2,1-3H3,(H,53,54)/b22-21-. The van der Waals surface area contributed by atoms with Crippen LogP contribution in [0.15, 0.2) is 12.2 Å². The Morgan fingerprint density at radius 1 is 0.450 bits per heavy atom. The van der Waals surface area contributed by atoms with Crippen molar-refractivity contribution >= 4 is 25.7 Å². The molecule has 60 heavy (non-hydrogen) atoms. The van der Waals surface area contributed by atoms with E-state index in [2.05, 4.69) is 32.9 Å². The number of hydrogen-bond donors (Lipinski definition) is 2. The molecule has 0 heterocycles. The third-order valence-corrected chi connectivity index (χ3v) is 11.6. The smallest absolute Gasteiger partial charge is 0.462 e. The normalized spacial score (nSPS) is 13.6. The molecule has 3 unspecified atom stereocenters. The Balaban J connectivity index is 4.72. The maximum atomic E-state index is 12.8. The number of phosphoric acid groups is 1. The molecule has 3 atom stereocenters. The molecule has 0 aliphatic carbocycles. The van der Waals surface area contributed by atoms with Crippen LogP contribution in [-0.4, -0.2) is 66.5 Å². The van der Waals surface area contributed by atoms with E-state index < -0.39 is 57.8 Å². The minimum atomic E-state index is -4.72. The van der Waals surface area contributed by atoms with Crippen LogP contribution in [0.4, 0.5) is 0 Å².